The molecule has 1 aliphatic heterocycles. The van der Waals surface area contributed by atoms with Gasteiger partial charge in [-0.15, -0.1) is 0 Å². The van der Waals surface area contributed by atoms with E-state index in [0.717, 1.165) is 17.6 Å². The molecule has 2 aromatic carbocycles. The van der Waals surface area contributed by atoms with Gasteiger partial charge in [-0.1, -0.05) is 30.3 Å². The molecule has 0 N–H and O–H groups in total. The summed E-state index contributed by atoms with van der Waals surface area (Å²) < 4.78 is 34.1. The van der Waals surface area contributed by atoms with Crippen LogP contribution >= 0.6 is 0 Å². The highest BCUT2D eigenvalue weighted by Crippen LogP contribution is 2.41. The van der Waals surface area contributed by atoms with Crippen LogP contribution < -0.4 is 9.64 Å². The third-order valence-corrected chi connectivity index (χ3v) is 3.98. The van der Waals surface area contributed by atoms with Crippen LogP contribution in [-0.2, 0) is 14.3 Å². The first-order valence-electron chi connectivity index (χ1n) is 6.88. The van der Waals surface area contributed by atoms with Crippen molar-refractivity contribution in [1.82, 2.24) is 0 Å². The smallest absolute Gasteiger partial charge is 0.267 e. The van der Waals surface area contributed by atoms with Crippen molar-refractivity contribution in [2.24, 2.45) is 0 Å². The number of anilines is 2. The molecule has 116 valence electrons. The van der Waals surface area contributed by atoms with Crippen molar-refractivity contribution < 1.29 is 17.3 Å². The zero-order valence-electron chi connectivity index (χ0n) is 12.4. The summed E-state index contributed by atoms with van der Waals surface area (Å²) >= 11 is 0. The molecule has 0 aromatic heterocycles. The summed E-state index contributed by atoms with van der Waals surface area (Å²) in [5, 5.41) is 0. The normalized spacial score (nSPS) is 21.1. The number of rotatable bonds is 3. The van der Waals surface area contributed by atoms with E-state index in [4.69, 9.17) is 8.92 Å². The fourth-order valence-corrected chi connectivity index (χ4v) is 3.33. The maximum absolute atomic E-state index is 11.5. The maximum atomic E-state index is 11.5. The first kappa shape index (κ1) is 14.9. The van der Waals surface area contributed by atoms with Crippen LogP contribution in [0.15, 0.2) is 54.6 Å². The predicted molar refractivity (Wildman–Crippen MR) is 84.9 cm³/mol. The number of hydrogen-bond acceptors (Lipinski definition) is 5. The molecule has 0 amide bonds. The molecule has 3 rings (SSSR count). The van der Waals surface area contributed by atoms with Crippen LogP contribution in [0.1, 0.15) is 6.92 Å². The molecule has 1 atom stereocenters. The Morgan fingerprint density at radius 3 is 2.41 bits per heavy atom. The number of benzene rings is 2. The Morgan fingerprint density at radius 2 is 1.73 bits per heavy atom. The van der Waals surface area contributed by atoms with Gasteiger partial charge < -0.3 is 9.64 Å². The lowest BCUT2D eigenvalue weighted by Crippen LogP contribution is -2.50. The van der Waals surface area contributed by atoms with E-state index >= 15 is 0 Å². The Kier molecular flexibility index (Phi) is 3.58. The van der Waals surface area contributed by atoms with Crippen LogP contribution in [0.2, 0.25) is 0 Å². The number of ether oxygens (including phenoxy) is 1. The van der Waals surface area contributed by atoms with Crippen LogP contribution in [0, 0.1) is 0 Å². The summed E-state index contributed by atoms with van der Waals surface area (Å²) in [5.41, 5.74) is 1.82. The molecule has 0 fully saturated rings. The Labute approximate surface area is 130 Å². The first-order valence-corrected chi connectivity index (χ1v) is 8.69. The number of nitrogens with zero attached hydrogens (tertiary/aromatic N) is 1. The van der Waals surface area contributed by atoms with E-state index in [1.54, 1.807) is 13.0 Å². The second-order valence-corrected chi connectivity index (χ2v) is 6.99. The minimum Gasteiger partial charge on any atom is -0.457 e. The highest BCUT2D eigenvalue weighted by Gasteiger charge is 2.40. The topological polar surface area (TPSA) is 55.8 Å². The first-order chi connectivity index (χ1) is 10.4. The van der Waals surface area contributed by atoms with Crippen molar-refractivity contribution in [2.45, 2.75) is 12.7 Å². The fourth-order valence-electron chi connectivity index (χ4n) is 2.61. The van der Waals surface area contributed by atoms with Gasteiger partial charge in [0.05, 0.1) is 18.5 Å². The van der Waals surface area contributed by atoms with Crippen molar-refractivity contribution in [3.05, 3.63) is 54.6 Å². The van der Waals surface area contributed by atoms with Crippen molar-refractivity contribution in [1.29, 1.82) is 0 Å². The Morgan fingerprint density at radius 1 is 1.09 bits per heavy atom. The Balaban J connectivity index is 2.06. The highest BCUT2D eigenvalue weighted by atomic mass is 32.2. The summed E-state index contributed by atoms with van der Waals surface area (Å²) in [6.07, 6.45) is 1.02. The van der Waals surface area contributed by atoms with E-state index in [2.05, 4.69) is 0 Å². The van der Waals surface area contributed by atoms with Crippen LogP contribution in [0.5, 0.6) is 5.75 Å². The van der Waals surface area contributed by atoms with Crippen molar-refractivity contribution in [2.75, 3.05) is 17.7 Å². The lowest BCUT2D eigenvalue weighted by atomic mass is 10.1. The highest BCUT2D eigenvalue weighted by molar-refractivity contribution is 7.86. The van der Waals surface area contributed by atoms with Crippen LogP contribution in [0.3, 0.4) is 0 Å². The van der Waals surface area contributed by atoms with Gasteiger partial charge in [0, 0.05) is 12.6 Å². The quantitative estimate of drug-likeness (QED) is 0.814. The zero-order valence-corrected chi connectivity index (χ0v) is 13.2. The predicted octanol–water partition coefficient (Wildman–Crippen LogP) is 2.91. The molecule has 0 aliphatic carbocycles. The molecule has 1 aliphatic rings. The SMILES string of the molecule is CC1(OS(C)(=O)=O)CN(c2ccccc2)c2ccccc2O1. The third-order valence-electron chi connectivity index (χ3n) is 3.32. The number of fused-ring (bicyclic) bond motifs is 1. The number of hydrogen-bond donors (Lipinski definition) is 0. The van der Waals surface area contributed by atoms with Crippen LogP contribution in [0.4, 0.5) is 11.4 Å². The van der Waals surface area contributed by atoms with Gasteiger partial charge in [0.1, 0.15) is 5.75 Å². The van der Waals surface area contributed by atoms with Gasteiger partial charge in [-0.05, 0) is 24.3 Å². The molecule has 0 bridgehead atoms. The molecule has 2 aromatic rings. The second kappa shape index (κ2) is 5.30. The lowest BCUT2D eigenvalue weighted by Gasteiger charge is -2.41. The molecule has 1 heterocycles. The van der Waals surface area contributed by atoms with Crippen LogP contribution in [-0.4, -0.2) is 27.0 Å². The maximum Gasteiger partial charge on any atom is 0.267 e. The lowest BCUT2D eigenvalue weighted by molar-refractivity contribution is -0.0886. The second-order valence-electron chi connectivity index (χ2n) is 5.41. The van der Waals surface area contributed by atoms with E-state index in [0.29, 0.717) is 5.75 Å². The van der Waals surface area contributed by atoms with E-state index < -0.39 is 15.9 Å². The summed E-state index contributed by atoms with van der Waals surface area (Å²) in [5.74, 6) is -0.693. The molecule has 22 heavy (non-hydrogen) atoms. The van der Waals surface area contributed by atoms with Gasteiger partial charge in [-0.25, -0.2) is 4.18 Å². The molecule has 0 radical (unpaired) electrons. The number of para-hydroxylation sites is 3. The average Bonchev–Trinajstić information content (AvgIpc) is 2.45. The molecule has 0 saturated carbocycles. The summed E-state index contributed by atoms with van der Waals surface area (Å²) in [7, 11) is -3.64. The molecule has 0 spiro atoms. The van der Waals surface area contributed by atoms with E-state index in [9.17, 15) is 8.42 Å². The van der Waals surface area contributed by atoms with Crippen molar-refractivity contribution in [3.63, 3.8) is 0 Å². The summed E-state index contributed by atoms with van der Waals surface area (Å²) in [4.78, 5) is 1.99. The fraction of sp³-hybridized carbons (Fsp3) is 0.250. The van der Waals surface area contributed by atoms with Gasteiger partial charge in [0.15, 0.2) is 0 Å². The molecule has 5 nitrogen and oxygen atoms in total. The average molecular weight is 319 g/mol. The third kappa shape index (κ3) is 3.08. The molecule has 1 unspecified atom stereocenters. The van der Waals surface area contributed by atoms with Gasteiger partial charge in [0.2, 0.25) is 5.79 Å². The largest absolute Gasteiger partial charge is 0.457 e. The monoisotopic (exact) mass is 319 g/mol. The van der Waals surface area contributed by atoms with Crippen LogP contribution in [0.25, 0.3) is 0 Å². The summed E-state index contributed by atoms with van der Waals surface area (Å²) in [6, 6.07) is 17.2. The molecular weight excluding hydrogens is 302 g/mol. The van der Waals surface area contributed by atoms with Crippen molar-refractivity contribution in [3.8, 4) is 5.75 Å². The zero-order chi connectivity index (χ0) is 15.8. The van der Waals surface area contributed by atoms with Crippen molar-refractivity contribution >= 4 is 21.5 Å². The van der Waals surface area contributed by atoms with Gasteiger partial charge in [0.25, 0.3) is 10.1 Å². The molecular formula is C16H17NO4S. The Bertz CT molecular complexity index is 776. The van der Waals surface area contributed by atoms with E-state index in [-0.39, 0.29) is 6.54 Å². The summed E-state index contributed by atoms with van der Waals surface area (Å²) in [6.45, 7) is 1.89. The molecule has 6 heteroatoms. The van der Waals surface area contributed by atoms with E-state index in [1.165, 1.54) is 0 Å². The molecule has 0 saturated heterocycles. The van der Waals surface area contributed by atoms with Gasteiger partial charge in [-0.2, -0.15) is 8.42 Å². The minimum absolute atomic E-state index is 0.265. The standard InChI is InChI=1S/C16H17NO4S/c1-16(21-22(2,18)19)12-17(13-8-4-3-5-9-13)14-10-6-7-11-15(14)20-16/h3-11H,12H2,1-2H3. The van der Waals surface area contributed by atoms with Gasteiger partial charge >= 0.3 is 0 Å². The van der Waals surface area contributed by atoms with Gasteiger partial charge in [-0.3, -0.25) is 0 Å². The minimum atomic E-state index is -3.64. The van der Waals surface area contributed by atoms with E-state index in [1.807, 2.05) is 53.4 Å². The Hall–Kier alpha value is -2.05.